The normalized spacial score (nSPS) is 13.8. The summed E-state index contributed by atoms with van der Waals surface area (Å²) in [5.41, 5.74) is 0. The molecule has 0 bridgehead atoms. The molecule has 0 rings (SSSR count). The van der Waals surface area contributed by atoms with E-state index in [1.807, 2.05) is 0 Å². The summed E-state index contributed by atoms with van der Waals surface area (Å²) in [6.07, 6.45) is -3.57. The van der Waals surface area contributed by atoms with Gasteiger partial charge < -0.3 is 0 Å². The lowest BCUT2D eigenvalue weighted by Crippen LogP contribution is -2.51. The SMILES string of the molecule is CCC[N+](C)(C)C(F)(F)F. The Kier molecular flexibility index (Phi) is 2.71. The maximum atomic E-state index is 12.0. The molecule has 0 fully saturated rings. The van der Waals surface area contributed by atoms with Crippen LogP contribution in [0.1, 0.15) is 13.3 Å². The van der Waals surface area contributed by atoms with Crippen molar-refractivity contribution in [3.8, 4) is 0 Å². The lowest BCUT2D eigenvalue weighted by atomic mass is 10.4. The van der Waals surface area contributed by atoms with Crippen LogP contribution in [0.3, 0.4) is 0 Å². The van der Waals surface area contributed by atoms with E-state index in [1.165, 1.54) is 14.1 Å². The molecule has 0 aliphatic carbocycles. The fraction of sp³-hybridized carbons (Fsp3) is 1.00. The largest absolute Gasteiger partial charge is 0.560 e. The molecule has 0 aliphatic rings. The first-order valence-electron chi connectivity index (χ1n) is 3.21. The van der Waals surface area contributed by atoms with E-state index in [1.54, 1.807) is 6.92 Å². The van der Waals surface area contributed by atoms with Crippen LogP contribution in [0.15, 0.2) is 0 Å². The summed E-state index contributed by atoms with van der Waals surface area (Å²) in [4.78, 5) is 0. The monoisotopic (exact) mass is 156 g/mol. The molecule has 0 radical (unpaired) electrons. The highest BCUT2D eigenvalue weighted by molar-refractivity contribution is 4.33. The van der Waals surface area contributed by atoms with Gasteiger partial charge in [-0.05, 0) is 6.42 Å². The average molecular weight is 156 g/mol. The third-order valence-corrected chi connectivity index (χ3v) is 1.47. The second-order valence-corrected chi connectivity index (χ2v) is 2.88. The number of hydrogen-bond donors (Lipinski definition) is 0. The molecule has 0 saturated carbocycles. The van der Waals surface area contributed by atoms with Gasteiger partial charge >= 0.3 is 6.30 Å². The minimum Gasteiger partial charge on any atom is -0.236 e. The number of nitrogens with zero attached hydrogens (tertiary/aromatic N) is 1. The summed E-state index contributed by atoms with van der Waals surface area (Å²) >= 11 is 0. The fourth-order valence-electron chi connectivity index (χ4n) is 0.686. The fourth-order valence-corrected chi connectivity index (χ4v) is 0.686. The molecule has 0 aromatic heterocycles. The number of alkyl halides is 3. The van der Waals surface area contributed by atoms with E-state index in [2.05, 4.69) is 0 Å². The molecule has 0 atom stereocenters. The highest BCUT2D eigenvalue weighted by Gasteiger charge is 2.47. The Balaban J connectivity index is 4.10. The number of rotatable bonds is 2. The highest BCUT2D eigenvalue weighted by Crippen LogP contribution is 2.25. The molecule has 0 unspecified atom stereocenters. The summed E-state index contributed by atoms with van der Waals surface area (Å²) in [7, 11) is 2.34. The van der Waals surface area contributed by atoms with Gasteiger partial charge in [-0.3, -0.25) is 0 Å². The summed E-state index contributed by atoms with van der Waals surface area (Å²) in [5.74, 6) is 0. The zero-order valence-corrected chi connectivity index (χ0v) is 6.50. The van der Waals surface area contributed by atoms with Crippen molar-refractivity contribution in [2.45, 2.75) is 19.6 Å². The van der Waals surface area contributed by atoms with Gasteiger partial charge in [0.1, 0.15) is 0 Å². The number of hydrogen-bond acceptors (Lipinski definition) is 0. The highest BCUT2D eigenvalue weighted by atomic mass is 19.4. The van der Waals surface area contributed by atoms with Gasteiger partial charge in [-0.25, -0.2) is 4.48 Å². The van der Waals surface area contributed by atoms with Gasteiger partial charge in [0, 0.05) is 0 Å². The van der Waals surface area contributed by atoms with Crippen LogP contribution < -0.4 is 0 Å². The van der Waals surface area contributed by atoms with E-state index in [4.69, 9.17) is 0 Å². The Bertz CT molecular complexity index is 106. The first-order chi connectivity index (χ1) is 4.31. The van der Waals surface area contributed by atoms with Crippen LogP contribution in [-0.4, -0.2) is 31.4 Å². The van der Waals surface area contributed by atoms with Crippen LogP contribution in [-0.2, 0) is 0 Å². The Morgan fingerprint density at radius 3 is 1.70 bits per heavy atom. The third-order valence-electron chi connectivity index (χ3n) is 1.47. The van der Waals surface area contributed by atoms with Crippen LogP contribution in [0.5, 0.6) is 0 Å². The molecule has 0 amide bonds. The topological polar surface area (TPSA) is 0 Å². The van der Waals surface area contributed by atoms with Crippen molar-refractivity contribution in [2.75, 3.05) is 20.6 Å². The zero-order chi connectivity index (χ0) is 8.41. The quantitative estimate of drug-likeness (QED) is 0.423. The standard InChI is InChI=1S/C6H13F3N/c1-4-5-10(2,3)6(7,8)9/h4-5H2,1-3H3/q+1. The van der Waals surface area contributed by atoms with E-state index in [0.29, 0.717) is 6.42 Å². The third kappa shape index (κ3) is 2.17. The maximum absolute atomic E-state index is 12.0. The zero-order valence-electron chi connectivity index (χ0n) is 6.50. The molecule has 0 aliphatic heterocycles. The van der Waals surface area contributed by atoms with Crippen molar-refractivity contribution in [2.24, 2.45) is 0 Å². The molecular weight excluding hydrogens is 143 g/mol. The van der Waals surface area contributed by atoms with Gasteiger partial charge in [0.2, 0.25) is 0 Å². The van der Waals surface area contributed by atoms with E-state index < -0.39 is 10.8 Å². The molecule has 0 N–H and O–H groups in total. The second-order valence-electron chi connectivity index (χ2n) is 2.88. The van der Waals surface area contributed by atoms with E-state index in [-0.39, 0.29) is 6.54 Å². The molecule has 0 heterocycles. The molecule has 4 heteroatoms. The lowest BCUT2D eigenvalue weighted by Gasteiger charge is -2.30. The molecule has 0 aromatic carbocycles. The first-order valence-corrected chi connectivity index (χ1v) is 3.21. The van der Waals surface area contributed by atoms with E-state index in [9.17, 15) is 13.2 Å². The van der Waals surface area contributed by atoms with Crippen LogP contribution in [0.2, 0.25) is 0 Å². The van der Waals surface area contributed by atoms with Gasteiger partial charge in [-0.1, -0.05) is 6.92 Å². The molecule has 10 heavy (non-hydrogen) atoms. The van der Waals surface area contributed by atoms with E-state index in [0.717, 1.165) is 0 Å². The van der Waals surface area contributed by atoms with Crippen LogP contribution in [0.4, 0.5) is 13.2 Å². The molecule has 1 nitrogen and oxygen atoms in total. The van der Waals surface area contributed by atoms with Crippen molar-refractivity contribution in [3.63, 3.8) is 0 Å². The van der Waals surface area contributed by atoms with Crippen LogP contribution in [0, 0.1) is 0 Å². The van der Waals surface area contributed by atoms with Crippen molar-refractivity contribution in [1.82, 2.24) is 0 Å². The van der Waals surface area contributed by atoms with Gasteiger partial charge in [0.15, 0.2) is 0 Å². The summed E-state index contributed by atoms with van der Waals surface area (Å²) in [5, 5.41) is 0. The predicted octanol–water partition coefficient (Wildman–Crippen LogP) is 1.99. The smallest absolute Gasteiger partial charge is 0.236 e. The van der Waals surface area contributed by atoms with Gasteiger partial charge in [-0.2, -0.15) is 0 Å². The Labute approximate surface area is 59.0 Å². The number of halogens is 3. The van der Waals surface area contributed by atoms with Crippen molar-refractivity contribution in [1.29, 1.82) is 0 Å². The molecule has 0 aromatic rings. The summed E-state index contributed by atoms with van der Waals surface area (Å²) in [6, 6.07) is 0. The van der Waals surface area contributed by atoms with E-state index >= 15 is 0 Å². The van der Waals surface area contributed by atoms with Crippen molar-refractivity contribution in [3.05, 3.63) is 0 Å². The van der Waals surface area contributed by atoms with Crippen LogP contribution in [0.25, 0.3) is 0 Å². The molecular formula is C6H13F3N+. The maximum Gasteiger partial charge on any atom is 0.560 e. The Morgan fingerprint density at radius 2 is 1.60 bits per heavy atom. The van der Waals surface area contributed by atoms with Gasteiger partial charge in [0.05, 0.1) is 20.6 Å². The van der Waals surface area contributed by atoms with Gasteiger partial charge in [-0.15, -0.1) is 13.2 Å². The van der Waals surface area contributed by atoms with Crippen molar-refractivity contribution < 1.29 is 17.7 Å². The Morgan fingerprint density at radius 1 is 1.20 bits per heavy atom. The summed E-state index contributed by atoms with van der Waals surface area (Å²) < 4.78 is 35.1. The Hall–Kier alpha value is -0.250. The minimum absolute atomic E-state index is 0.142. The lowest BCUT2D eigenvalue weighted by molar-refractivity contribution is -0.997. The second kappa shape index (κ2) is 2.78. The minimum atomic E-state index is -4.12. The van der Waals surface area contributed by atoms with Crippen molar-refractivity contribution >= 4 is 0 Å². The summed E-state index contributed by atoms with van der Waals surface area (Å²) in [6.45, 7) is 1.88. The van der Waals surface area contributed by atoms with Gasteiger partial charge in [0.25, 0.3) is 0 Å². The first kappa shape index (κ1) is 9.75. The number of quaternary nitrogens is 1. The predicted molar refractivity (Wildman–Crippen MR) is 33.3 cm³/mol. The average Bonchev–Trinajstić information content (AvgIpc) is 1.61. The van der Waals surface area contributed by atoms with Crippen LogP contribution >= 0.6 is 0 Å². The molecule has 62 valence electrons. The molecule has 0 saturated heterocycles. The molecule has 0 spiro atoms.